The van der Waals surface area contributed by atoms with E-state index in [1.807, 2.05) is 45.0 Å². The van der Waals surface area contributed by atoms with Crippen molar-refractivity contribution in [2.24, 2.45) is 0 Å². The number of nitrogens with one attached hydrogen (secondary N) is 2. The van der Waals surface area contributed by atoms with Crippen molar-refractivity contribution < 1.29 is 8.42 Å². The second-order valence-corrected chi connectivity index (χ2v) is 9.34. The molecule has 32 heavy (non-hydrogen) atoms. The third-order valence-corrected chi connectivity index (χ3v) is 6.45. The zero-order valence-corrected chi connectivity index (χ0v) is 19.1. The topological polar surface area (TPSA) is 102 Å². The molecule has 0 aliphatic carbocycles. The largest absolute Gasteiger partial charge is 0.339 e. The molecule has 0 radical (unpaired) electrons. The molecule has 0 fully saturated rings. The maximum atomic E-state index is 12.7. The van der Waals surface area contributed by atoms with Crippen LogP contribution in [-0.4, -0.2) is 28.4 Å². The van der Waals surface area contributed by atoms with Crippen molar-refractivity contribution in [2.75, 3.05) is 10.0 Å². The van der Waals surface area contributed by atoms with Gasteiger partial charge in [-0.25, -0.2) is 13.1 Å². The Morgan fingerprint density at radius 3 is 2.12 bits per heavy atom. The van der Waals surface area contributed by atoms with E-state index in [4.69, 9.17) is 0 Å². The molecule has 2 aromatic carbocycles. The van der Waals surface area contributed by atoms with Gasteiger partial charge in [0.1, 0.15) is 0 Å². The van der Waals surface area contributed by atoms with Crippen LogP contribution in [-0.2, 0) is 10.0 Å². The summed E-state index contributed by atoms with van der Waals surface area (Å²) < 4.78 is 29.8. The lowest BCUT2D eigenvalue weighted by molar-refractivity contribution is 0.600. The molecule has 0 saturated heterocycles. The molecule has 4 rings (SSSR count). The van der Waals surface area contributed by atoms with E-state index in [0.29, 0.717) is 22.9 Å². The van der Waals surface area contributed by atoms with Crippen LogP contribution in [0.2, 0.25) is 0 Å². The average Bonchev–Trinajstić information content (AvgIpc) is 3.07. The zero-order valence-electron chi connectivity index (χ0n) is 18.3. The molecule has 2 N–H and O–H groups in total. The summed E-state index contributed by atoms with van der Waals surface area (Å²) in [6.07, 6.45) is 0. The first-order valence-corrected chi connectivity index (χ1v) is 11.5. The SMILES string of the molecule is Cc1ccc(S(=O)(=O)Nc2ccc(Nc3ccc(-n4nc(C)cc4C)nn3)cc2)c(C)c1. The molecular weight excluding hydrogens is 424 g/mol. The minimum Gasteiger partial charge on any atom is -0.339 e. The van der Waals surface area contributed by atoms with Crippen LogP contribution >= 0.6 is 0 Å². The highest BCUT2D eigenvalue weighted by Crippen LogP contribution is 2.23. The Morgan fingerprint density at radius 2 is 1.53 bits per heavy atom. The van der Waals surface area contributed by atoms with Gasteiger partial charge in [-0.05, 0) is 81.8 Å². The highest BCUT2D eigenvalue weighted by atomic mass is 32.2. The number of benzene rings is 2. The number of nitrogens with zero attached hydrogens (tertiary/aromatic N) is 4. The lowest BCUT2D eigenvalue weighted by Gasteiger charge is -2.12. The van der Waals surface area contributed by atoms with Crippen molar-refractivity contribution >= 4 is 27.2 Å². The van der Waals surface area contributed by atoms with Crippen LogP contribution in [0, 0.1) is 27.7 Å². The monoisotopic (exact) mass is 448 g/mol. The number of hydrogen-bond donors (Lipinski definition) is 2. The first kappa shape index (κ1) is 21.5. The second kappa shape index (κ2) is 8.43. The minimum absolute atomic E-state index is 0.267. The molecule has 9 heteroatoms. The molecule has 8 nitrogen and oxygen atoms in total. The second-order valence-electron chi connectivity index (χ2n) is 7.69. The highest BCUT2D eigenvalue weighted by molar-refractivity contribution is 7.92. The molecule has 0 aliphatic heterocycles. The van der Waals surface area contributed by atoms with Crippen molar-refractivity contribution in [2.45, 2.75) is 32.6 Å². The first-order chi connectivity index (χ1) is 15.2. The Hall–Kier alpha value is -3.72. The van der Waals surface area contributed by atoms with Crippen molar-refractivity contribution in [1.82, 2.24) is 20.0 Å². The first-order valence-electron chi connectivity index (χ1n) is 10.1. The van der Waals surface area contributed by atoms with E-state index in [9.17, 15) is 8.42 Å². The molecule has 0 unspecified atom stereocenters. The fourth-order valence-electron chi connectivity index (χ4n) is 3.45. The van der Waals surface area contributed by atoms with Crippen LogP contribution in [0.4, 0.5) is 17.2 Å². The van der Waals surface area contributed by atoms with Gasteiger partial charge in [0.25, 0.3) is 10.0 Å². The van der Waals surface area contributed by atoms with E-state index in [-0.39, 0.29) is 4.90 Å². The van der Waals surface area contributed by atoms with Crippen LogP contribution in [0.15, 0.2) is 65.6 Å². The Bertz CT molecular complexity index is 1360. The Kier molecular flexibility index (Phi) is 5.67. The lowest BCUT2D eigenvalue weighted by Crippen LogP contribution is -2.14. The summed E-state index contributed by atoms with van der Waals surface area (Å²) >= 11 is 0. The molecule has 2 heterocycles. The predicted molar refractivity (Wildman–Crippen MR) is 125 cm³/mol. The summed E-state index contributed by atoms with van der Waals surface area (Å²) in [7, 11) is -3.67. The number of anilines is 3. The summed E-state index contributed by atoms with van der Waals surface area (Å²) in [6.45, 7) is 7.61. The summed E-state index contributed by atoms with van der Waals surface area (Å²) in [5.41, 5.74) is 4.85. The van der Waals surface area contributed by atoms with Gasteiger partial charge in [0.05, 0.1) is 10.6 Å². The normalized spacial score (nSPS) is 11.4. The van der Waals surface area contributed by atoms with Crippen LogP contribution in [0.5, 0.6) is 0 Å². The van der Waals surface area contributed by atoms with Crippen molar-refractivity contribution in [3.8, 4) is 5.82 Å². The van der Waals surface area contributed by atoms with Gasteiger partial charge in [-0.3, -0.25) is 4.72 Å². The minimum atomic E-state index is -3.67. The number of rotatable bonds is 6. The summed E-state index contributed by atoms with van der Waals surface area (Å²) in [4.78, 5) is 0.267. The molecule has 0 saturated carbocycles. The van der Waals surface area contributed by atoms with Crippen molar-refractivity contribution in [1.29, 1.82) is 0 Å². The lowest BCUT2D eigenvalue weighted by atomic mass is 10.2. The molecule has 4 aromatic rings. The zero-order chi connectivity index (χ0) is 22.9. The Balaban J connectivity index is 1.45. The number of aryl methyl sites for hydroxylation is 4. The van der Waals surface area contributed by atoms with E-state index in [2.05, 4.69) is 25.3 Å². The molecule has 164 valence electrons. The molecule has 0 aliphatic rings. The van der Waals surface area contributed by atoms with Gasteiger partial charge in [-0.2, -0.15) is 5.10 Å². The molecule has 2 aromatic heterocycles. The van der Waals surface area contributed by atoms with Crippen LogP contribution < -0.4 is 10.0 Å². The maximum Gasteiger partial charge on any atom is 0.262 e. The number of hydrogen-bond acceptors (Lipinski definition) is 6. The molecule has 0 spiro atoms. The fraction of sp³-hybridized carbons (Fsp3) is 0.174. The van der Waals surface area contributed by atoms with Gasteiger partial charge in [0.15, 0.2) is 11.6 Å². The van der Waals surface area contributed by atoms with E-state index in [1.165, 1.54) is 0 Å². The van der Waals surface area contributed by atoms with Gasteiger partial charge in [0.2, 0.25) is 0 Å². The van der Waals surface area contributed by atoms with Gasteiger partial charge in [-0.15, -0.1) is 10.2 Å². The third kappa shape index (κ3) is 4.62. The summed E-state index contributed by atoms with van der Waals surface area (Å²) in [5, 5.41) is 16.0. The Labute approximate surface area is 187 Å². The Morgan fingerprint density at radius 1 is 0.812 bits per heavy atom. The highest BCUT2D eigenvalue weighted by Gasteiger charge is 2.17. The van der Waals surface area contributed by atoms with E-state index in [1.54, 1.807) is 48.0 Å². The number of sulfonamides is 1. The summed E-state index contributed by atoms with van der Waals surface area (Å²) in [6, 6.07) is 17.8. The van der Waals surface area contributed by atoms with Crippen molar-refractivity contribution in [3.63, 3.8) is 0 Å². The predicted octanol–water partition coefficient (Wildman–Crippen LogP) is 4.44. The standard InChI is InChI=1S/C23H24N6O2S/c1-15-5-10-21(16(2)13-15)32(30,31)28-20-8-6-19(7-9-20)24-22-11-12-23(26-25-22)29-18(4)14-17(3)27-29/h5-14,28H,1-4H3,(H,24,25). The van der Waals surface area contributed by atoms with Crippen LogP contribution in [0.1, 0.15) is 22.5 Å². The molecule has 0 amide bonds. The van der Waals surface area contributed by atoms with Gasteiger partial charge < -0.3 is 5.32 Å². The molecule has 0 atom stereocenters. The van der Waals surface area contributed by atoms with E-state index >= 15 is 0 Å². The van der Waals surface area contributed by atoms with Gasteiger partial charge >= 0.3 is 0 Å². The molecule has 0 bridgehead atoms. The average molecular weight is 449 g/mol. The van der Waals surface area contributed by atoms with E-state index in [0.717, 1.165) is 22.6 Å². The van der Waals surface area contributed by atoms with Crippen molar-refractivity contribution in [3.05, 3.63) is 83.2 Å². The quantitative estimate of drug-likeness (QED) is 0.452. The number of aromatic nitrogens is 4. The molecular formula is C23H24N6O2S. The van der Waals surface area contributed by atoms with E-state index < -0.39 is 10.0 Å². The van der Waals surface area contributed by atoms with Crippen LogP contribution in [0.3, 0.4) is 0 Å². The summed E-state index contributed by atoms with van der Waals surface area (Å²) in [5.74, 6) is 1.20. The van der Waals surface area contributed by atoms with Gasteiger partial charge in [-0.1, -0.05) is 17.7 Å². The maximum absolute atomic E-state index is 12.7. The third-order valence-electron chi connectivity index (χ3n) is 4.91. The van der Waals surface area contributed by atoms with Crippen LogP contribution in [0.25, 0.3) is 5.82 Å². The fourth-order valence-corrected chi connectivity index (χ4v) is 4.73. The smallest absolute Gasteiger partial charge is 0.262 e. The van der Waals surface area contributed by atoms with Gasteiger partial charge in [0, 0.05) is 17.1 Å².